The molecule has 0 aromatic rings. The predicted molar refractivity (Wildman–Crippen MR) is 57.5 cm³/mol. The van der Waals surface area contributed by atoms with Gasteiger partial charge < -0.3 is 20.3 Å². The molecule has 0 aliphatic heterocycles. The number of alkyl carbamates (subject to hydrolysis) is 1. The second-order valence-corrected chi connectivity index (χ2v) is 4.49. The number of carbonyl (C=O) groups is 2. The van der Waals surface area contributed by atoms with Gasteiger partial charge in [0.25, 0.3) is 0 Å². The van der Waals surface area contributed by atoms with Gasteiger partial charge in [-0.05, 0) is 20.8 Å². The van der Waals surface area contributed by atoms with Crippen molar-refractivity contribution < 1.29 is 24.5 Å². The Morgan fingerprint density at radius 3 is 2.25 bits per heavy atom. The zero-order valence-electron chi connectivity index (χ0n) is 9.36. The smallest absolute Gasteiger partial charge is 0.408 e. The molecular weight excluding hydrogens is 238 g/mol. The van der Waals surface area contributed by atoms with Crippen LogP contribution in [0.25, 0.3) is 0 Å². The lowest BCUT2D eigenvalue weighted by Crippen LogP contribution is -2.50. The van der Waals surface area contributed by atoms with Crippen LogP contribution in [0.4, 0.5) is 4.79 Å². The van der Waals surface area contributed by atoms with Crippen molar-refractivity contribution in [2.45, 2.75) is 38.5 Å². The first kappa shape index (κ1) is 15.0. The summed E-state index contributed by atoms with van der Waals surface area (Å²) in [4.78, 5) is 22.0. The maximum atomic E-state index is 11.2. The van der Waals surface area contributed by atoms with E-state index in [9.17, 15) is 14.7 Å². The van der Waals surface area contributed by atoms with Gasteiger partial charge in [0.2, 0.25) is 0 Å². The summed E-state index contributed by atoms with van der Waals surface area (Å²) in [6.45, 7) is 4.92. The van der Waals surface area contributed by atoms with Crippen LogP contribution in [0.1, 0.15) is 20.8 Å². The summed E-state index contributed by atoms with van der Waals surface area (Å²) in [6, 6.07) is -1.48. The van der Waals surface area contributed by atoms with Gasteiger partial charge in [0.15, 0.2) is 6.04 Å². The summed E-state index contributed by atoms with van der Waals surface area (Å²) in [5.41, 5.74) is -0.737. The van der Waals surface area contributed by atoms with Gasteiger partial charge in [0.1, 0.15) is 5.60 Å². The van der Waals surface area contributed by atoms with E-state index in [0.29, 0.717) is 0 Å². The van der Waals surface area contributed by atoms with E-state index in [0.717, 1.165) is 0 Å². The second kappa shape index (κ2) is 5.91. The molecule has 0 heterocycles. The van der Waals surface area contributed by atoms with Crippen LogP contribution in [0.3, 0.4) is 0 Å². The van der Waals surface area contributed by atoms with E-state index in [1.165, 1.54) is 0 Å². The first-order valence-corrected chi connectivity index (χ1v) is 5.17. The van der Waals surface area contributed by atoms with Crippen LogP contribution in [0, 0.1) is 0 Å². The number of nitrogens with one attached hydrogen (secondary N) is 1. The highest BCUT2D eigenvalue weighted by Gasteiger charge is 2.29. The Morgan fingerprint density at radius 1 is 1.44 bits per heavy atom. The maximum absolute atomic E-state index is 11.2. The van der Waals surface area contributed by atoms with Gasteiger partial charge in [-0.1, -0.05) is 0 Å². The number of aliphatic hydroxyl groups is 1. The minimum atomic E-state index is -1.48. The van der Waals surface area contributed by atoms with E-state index in [1.807, 2.05) is 5.32 Å². The van der Waals surface area contributed by atoms with Crippen molar-refractivity contribution in [3.8, 4) is 0 Å². The van der Waals surface area contributed by atoms with Gasteiger partial charge >= 0.3 is 12.1 Å². The molecule has 94 valence electrons. The minimum Gasteiger partial charge on any atom is -0.480 e. The number of carboxylic acid groups (broad SMARTS) is 1. The summed E-state index contributed by atoms with van der Waals surface area (Å²) >= 11 is 5.30. The summed E-state index contributed by atoms with van der Waals surface area (Å²) in [5, 5.41) is 20.0. The molecule has 0 rings (SSSR count). The third-order valence-corrected chi connectivity index (χ3v) is 1.80. The van der Waals surface area contributed by atoms with Crippen molar-refractivity contribution in [3.05, 3.63) is 0 Å². The van der Waals surface area contributed by atoms with Crippen LogP contribution in [-0.2, 0) is 9.53 Å². The Labute approximate surface area is 98.5 Å². The third kappa shape index (κ3) is 5.77. The van der Waals surface area contributed by atoms with Crippen LogP contribution in [0.15, 0.2) is 0 Å². The highest BCUT2D eigenvalue weighted by Crippen LogP contribution is 2.07. The highest BCUT2D eigenvalue weighted by atomic mass is 35.5. The fourth-order valence-corrected chi connectivity index (χ4v) is 1.02. The number of amides is 1. The number of hydrogen-bond donors (Lipinski definition) is 3. The Hall–Kier alpha value is -1.01. The lowest BCUT2D eigenvalue weighted by Gasteiger charge is -2.23. The van der Waals surface area contributed by atoms with E-state index in [2.05, 4.69) is 0 Å². The number of aliphatic hydroxyl groups excluding tert-OH is 1. The number of hydrogen-bond acceptors (Lipinski definition) is 4. The molecule has 0 spiro atoms. The van der Waals surface area contributed by atoms with E-state index < -0.39 is 29.8 Å². The molecule has 7 heteroatoms. The van der Waals surface area contributed by atoms with E-state index in [1.54, 1.807) is 20.8 Å². The molecule has 3 N–H and O–H groups in total. The van der Waals surface area contributed by atoms with Crippen molar-refractivity contribution in [3.63, 3.8) is 0 Å². The average Bonchev–Trinajstić information content (AvgIpc) is 2.09. The molecule has 16 heavy (non-hydrogen) atoms. The number of carboxylic acids is 1. The van der Waals surface area contributed by atoms with Gasteiger partial charge in [-0.15, -0.1) is 11.6 Å². The lowest BCUT2D eigenvalue weighted by molar-refractivity contribution is -0.142. The lowest BCUT2D eigenvalue weighted by atomic mass is 10.2. The molecule has 6 nitrogen and oxygen atoms in total. The molecular formula is C9H16ClNO5. The van der Waals surface area contributed by atoms with Crippen LogP contribution in [0.5, 0.6) is 0 Å². The SMILES string of the molecule is CC(C)(C)OC(=O)NC(C(=O)O)C(O)CCl. The van der Waals surface area contributed by atoms with Gasteiger partial charge in [0.05, 0.1) is 12.0 Å². The Balaban J connectivity index is 4.42. The normalized spacial score (nSPS) is 15.1. The van der Waals surface area contributed by atoms with Gasteiger partial charge in [0, 0.05) is 0 Å². The van der Waals surface area contributed by atoms with Gasteiger partial charge in [-0.25, -0.2) is 9.59 Å². The first-order chi connectivity index (χ1) is 7.17. The molecule has 0 aromatic heterocycles. The number of halogens is 1. The molecule has 0 bridgehead atoms. The van der Waals surface area contributed by atoms with Crippen LogP contribution < -0.4 is 5.32 Å². The quantitative estimate of drug-likeness (QED) is 0.637. The topological polar surface area (TPSA) is 95.9 Å². The molecule has 0 saturated carbocycles. The molecule has 2 unspecified atom stereocenters. The number of rotatable bonds is 4. The Morgan fingerprint density at radius 2 is 1.94 bits per heavy atom. The summed E-state index contributed by atoms with van der Waals surface area (Å²) in [7, 11) is 0. The van der Waals surface area contributed by atoms with Crippen LogP contribution in [-0.4, -0.2) is 45.9 Å². The highest BCUT2D eigenvalue weighted by molar-refractivity contribution is 6.18. The monoisotopic (exact) mass is 253 g/mol. The van der Waals surface area contributed by atoms with Crippen LogP contribution >= 0.6 is 11.6 Å². The minimum absolute atomic E-state index is 0.299. The molecule has 1 amide bonds. The molecule has 0 aromatic carbocycles. The van der Waals surface area contributed by atoms with Gasteiger partial charge in [-0.2, -0.15) is 0 Å². The molecule has 0 aliphatic carbocycles. The van der Waals surface area contributed by atoms with Gasteiger partial charge in [-0.3, -0.25) is 0 Å². The molecule has 0 fully saturated rings. The molecule has 0 aliphatic rings. The summed E-state index contributed by atoms with van der Waals surface area (Å²) < 4.78 is 4.85. The average molecular weight is 254 g/mol. The van der Waals surface area contributed by atoms with Crippen molar-refractivity contribution in [2.24, 2.45) is 0 Å². The Kier molecular flexibility index (Phi) is 5.53. The van der Waals surface area contributed by atoms with E-state index in [4.69, 9.17) is 21.4 Å². The molecule has 2 atom stereocenters. The summed E-state index contributed by atoms with van der Waals surface area (Å²) in [5.74, 6) is -1.67. The standard InChI is InChI=1S/C9H16ClNO5/c1-9(2,3)16-8(15)11-6(7(13)14)5(12)4-10/h5-6,12H,4H2,1-3H3,(H,11,15)(H,13,14). The van der Waals surface area contributed by atoms with Crippen molar-refractivity contribution in [1.82, 2.24) is 5.32 Å². The van der Waals surface area contributed by atoms with E-state index >= 15 is 0 Å². The Bertz CT molecular complexity index is 263. The number of carbonyl (C=O) groups excluding carboxylic acids is 1. The second-order valence-electron chi connectivity index (χ2n) is 4.18. The van der Waals surface area contributed by atoms with Crippen molar-refractivity contribution in [1.29, 1.82) is 0 Å². The zero-order valence-corrected chi connectivity index (χ0v) is 10.1. The zero-order chi connectivity index (χ0) is 12.9. The molecule has 0 radical (unpaired) electrons. The van der Waals surface area contributed by atoms with E-state index in [-0.39, 0.29) is 5.88 Å². The number of alkyl halides is 1. The molecule has 0 saturated heterocycles. The summed E-state index contributed by atoms with van der Waals surface area (Å²) in [6.07, 6.45) is -2.28. The fraction of sp³-hybridized carbons (Fsp3) is 0.778. The largest absolute Gasteiger partial charge is 0.480 e. The third-order valence-electron chi connectivity index (χ3n) is 1.48. The van der Waals surface area contributed by atoms with Crippen molar-refractivity contribution >= 4 is 23.7 Å². The number of aliphatic carboxylic acids is 1. The van der Waals surface area contributed by atoms with Crippen molar-refractivity contribution in [2.75, 3.05) is 5.88 Å². The number of ether oxygens (including phenoxy) is 1. The fourth-order valence-electron chi connectivity index (χ4n) is 0.846. The van der Waals surface area contributed by atoms with Crippen LogP contribution in [0.2, 0.25) is 0 Å². The first-order valence-electron chi connectivity index (χ1n) is 4.63. The maximum Gasteiger partial charge on any atom is 0.408 e. The predicted octanol–water partition coefficient (Wildman–Crippen LogP) is 0.564.